The van der Waals surface area contributed by atoms with Crippen LogP contribution in [0.4, 0.5) is 8.78 Å². The molecular formula is C13H10Cl3F2N3O3. The minimum Gasteiger partial charge on any atom is -0.480 e. The first-order valence-electron chi connectivity index (χ1n) is 6.45. The van der Waals surface area contributed by atoms with Crippen molar-refractivity contribution < 1.29 is 18.7 Å². The first-order chi connectivity index (χ1) is 11.1. The Morgan fingerprint density at radius 2 is 1.96 bits per heavy atom. The molecule has 1 N–H and O–H groups in total. The van der Waals surface area contributed by atoms with Crippen molar-refractivity contribution in [2.24, 2.45) is 0 Å². The van der Waals surface area contributed by atoms with E-state index in [4.69, 9.17) is 39.9 Å². The molecular weight excluding hydrogens is 391 g/mol. The number of aryl methyl sites for hydroxylation is 1. The van der Waals surface area contributed by atoms with Crippen LogP contribution in [0.1, 0.15) is 17.9 Å². The minimum absolute atomic E-state index is 0.00202. The lowest BCUT2D eigenvalue weighted by molar-refractivity contribution is -0.136. The molecule has 11 heteroatoms. The number of carboxylic acid groups (broad SMARTS) is 1. The van der Waals surface area contributed by atoms with Gasteiger partial charge in [-0.05, 0) is 24.6 Å². The van der Waals surface area contributed by atoms with E-state index in [2.05, 4.69) is 5.10 Å². The van der Waals surface area contributed by atoms with Crippen molar-refractivity contribution in [3.05, 3.63) is 44.1 Å². The van der Waals surface area contributed by atoms with Gasteiger partial charge in [-0.25, -0.2) is 9.36 Å². The summed E-state index contributed by atoms with van der Waals surface area (Å²) in [5.74, 6) is -1.46. The number of benzene rings is 1. The number of halogens is 5. The van der Waals surface area contributed by atoms with Crippen molar-refractivity contribution in [3.63, 3.8) is 0 Å². The summed E-state index contributed by atoms with van der Waals surface area (Å²) in [5, 5.41) is 11.5. The smallest absolute Gasteiger partial charge is 0.355 e. The zero-order valence-corrected chi connectivity index (χ0v) is 14.3. The number of aliphatic carboxylic acids is 1. The molecule has 0 bridgehead atoms. The fourth-order valence-corrected chi connectivity index (χ4v) is 2.74. The third-order valence-electron chi connectivity index (χ3n) is 3.19. The van der Waals surface area contributed by atoms with E-state index in [1.807, 2.05) is 0 Å². The van der Waals surface area contributed by atoms with E-state index in [1.165, 1.54) is 19.1 Å². The Morgan fingerprint density at radius 3 is 2.46 bits per heavy atom. The molecule has 130 valence electrons. The number of alkyl halides is 3. The highest BCUT2D eigenvalue weighted by atomic mass is 35.5. The van der Waals surface area contributed by atoms with E-state index in [1.54, 1.807) is 0 Å². The second kappa shape index (κ2) is 7.08. The van der Waals surface area contributed by atoms with Gasteiger partial charge in [-0.1, -0.05) is 23.2 Å². The van der Waals surface area contributed by atoms with Crippen LogP contribution < -0.4 is 5.69 Å². The quantitative estimate of drug-likeness (QED) is 0.782. The second-order valence-electron chi connectivity index (χ2n) is 4.79. The Balaban J connectivity index is 2.58. The van der Waals surface area contributed by atoms with Crippen molar-refractivity contribution >= 4 is 40.8 Å². The number of carboxylic acids is 1. The Morgan fingerprint density at radius 1 is 1.33 bits per heavy atom. The normalized spacial score (nSPS) is 12.6. The van der Waals surface area contributed by atoms with Gasteiger partial charge in [-0.2, -0.15) is 13.5 Å². The summed E-state index contributed by atoms with van der Waals surface area (Å²) in [6, 6.07) is 2.56. The maximum atomic E-state index is 12.9. The van der Waals surface area contributed by atoms with Crippen LogP contribution in [-0.2, 0) is 11.2 Å². The molecule has 1 aromatic carbocycles. The van der Waals surface area contributed by atoms with Gasteiger partial charge in [0.15, 0.2) is 0 Å². The lowest BCUT2D eigenvalue weighted by Crippen LogP contribution is -2.25. The Bertz CT molecular complexity index is 851. The first kappa shape index (κ1) is 18.7. The average molecular weight is 401 g/mol. The van der Waals surface area contributed by atoms with E-state index >= 15 is 0 Å². The van der Waals surface area contributed by atoms with E-state index in [-0.39, 0.29) is 38.1 Å². The molecule has 1 unspecified atom stereocenters. The monoisotopic (exact) mass is 399 g/mol. The number of rotatable bonds is 5. The number of aromatic nitrogens is 3. The summed E-state index contributed by atoms with van der Waals surface area (Å²) in [6.45, 7) is -1.82. The van der Waals surface area contributed by atoms with Gasteiger partial charge in [0.2, 0.25) is 0 Å². The van der Waals surface area contributed by atoms with Crippen LogP contribution in [0.3, 0.4) is 0 Å². The molecule has 0 amide bonds. The lowest BCUT2D eigenvalue weighted by atomic mass is 10.1. The van der Waals surface area contributed by atoms with Gasteiger partial charge >= 0.3 is 18.2 Å². The zero-order valence-electron chi connectivity index (χ0n) is 12.0. The largest absolute Gasteiger partial charge is 0.480 e. The molecule has 1 atom stereocenters. The van der Waals surface area contributed by atoms with Crippen molar-refractivity contribution in [2.75, 3.05) is 0 Å². The molecule has 6 nitrogen and oxygen atoms in total. The van der Waals surface area contributed by atoms with Gasteiger partial charge in [0.1, 0.15) is 11.2 Å². The predicted octanol–water partition coefficient (Wildman–Crippen LogP) is 3.28. The summed E-state index contributed by atoms with van der Waals surface area (Å²) >= 11 is 17.7. The Labute approximate surface area is 149 Å². The lowest BCUT2D eigenvalue weighted by Gasteiger charge is -2.11. The van der Waals surface area contributed by atoms with E-state index < -0.39 is 23.6 Å². The summed E-state index contributed by atoms with van der Waals surface area (Å²) < 4.78 is 26.7. The molecule has 0 spiro atoms. The minimum atomic E-state index is -3.06. The number of hydrogen-bond donors (Lipinski definition) is 1. The summed E-state index contributed by atoms with van der Waals surface area (Å²) in [7, 11) is 0. The molecule has 0 aliphatic heterocycles. The highest BCUT2D eigenvalue weighted by Crippen LogP contribution is 2.29. The topological polar surface area (TPSA) is 77.1 Å². The first-order valence-corrected chi connectivity index (χ1v) is 7.64. The summed E-state index contributed by atoms with van der Waals surface area (Å²) in [6.07, 6.45) is -0.150. The molecule has 1 aromatic heterocycles. The van der Waals surface area contributed by atoms with Crippen LogP contribution in [0.15, 0.2) is 16.9 Å². The average Bonchev–Trinajstić information content (AvgIpc) is 2.76. The number of nitrogens with zero attached hydrogens (tertiary/aromatic N) is 3. The Kier molecular flexibility index (Phi) is 5.52. The molecule has 2 aromatic rings. The fraction of sp³-hybridized carbons (Fsp3) is 0.308. The highest BCUT2D eigenvalue weighted by Gasteiger charge is 2.22. The van der Waals surface area contributed by atoms with Crippen LogP contribution in [0.2, 0.25) is 10.0 Å². The molecule has 1 heterocycles. The van der Waals surface area contributed by atoms with Crippen molar-refractivity contribution in [2.45, 2.75) is 25.3 Å². The molecule has 0 saturated heterocycles. The van der Waals surface area contributed by atoms with E-state index in [9.17, 15) is 18.4 Å². The molecule has 0 fully saturated rings. The van der Waals surface area contributed by atoms with Gasteiger partial charge in [0, 0.05) is 11.4 Å². The zero-order chi connectivity index (χ0) is 18.2. The summed E-state index contributed by atoms with van der Waals surface area (Å²) in [4.78, 5) is 22.9. The predicted molar refractivity (Wildman–Crippen MR) is 84.8 cm³/mol. The van der Waals surface area contributed by atoms with Crippen LogP contribution in [0.5, 0.6) is 0 Å². The molecule has 0 aliphatic rings. The Hall–Kier alpha value is -1.64. The van der Waals surface area contributed by atoms with Crippen molar-refractivity contribution in [1.29, 1.82) is 0 Å². The van der Waals surface area contributed by atoms with Gasteiger partial charge in [-0.15, -0.1) is 16.7 Å². The van der Waals surface area contributed by atoms with Gasteiger partial charge < -0.3 is 5.11 Å². The maximum absolute atomic E-state index is 12.9. The summed E-state index contributed by atoms with van der Waals surface area (Å²) in [5.41, 5.74) is -0.800. The maximum Gasteiger partial charge on any atom is 0.355 e. The fourth-order valence-electron chi connectivity index (χ4n) is 2.04. The molecule has 24 heavy (non-hydrogen) atoms. The van der Waals surface area contributed by atoms with Crippen molar-refractivity contribution in [3.8, 4) is 5.69 Å². The van der Waals surface area contributed by atoms with Crippen LogP contribution >= 0.6 is 34.8 Å². The standard InChI is InChI=1S/C13H10Cl3F2N3O3/c1-5-19-21(13(24)20(5)12(17)18)10-3-6(2-9(16)11(22)23)7(14)4-8(10)15/h3-4,9,12H,2H2,1H3,(H,22,23). The van der Waals surface area contributed by atoms with Gasteiger partial charge in [0.05, 0.1) is 10.7 Å². The third-order valence-corrected chi connectivity index (χ3v) is 4.18. The molecule has 0 saturated carbocycles. The van der Waals surface area contributed by atoms with Crippen LogP contribution in [-0.4, -0.2) is 30.8 Å². The van der Waals surface area contributed by atoms with Crippen molar-refractivity contribution in [1.82, 2.24) is 14.3 Å². The molecule has 0 aliphatic carbocycles. The van der Waals surface area contributed by atoms with Gasteiger partial charge in [-0.3, -0.25) is 4.79 Å². The van der Waals surface area contributed by atoms with E-state index in [0.29, 0.717) is 4.68 Å². The van der Waals surface area contributed by atoms with E-state index in [0.717, 1.165) is 0 Å². The highest BCUT2D eigenvalue weighted by molar-refractivity contribution is 6.36. The number of hydrogen-bond acceptors (Lipinski definition) is 3. The van der Waals surface area contributed by atoms with Crippen LogP contribution in [0, 0.1) is 6.92 Å². The number of carbonyl (C=O) groups is 1. The van der Waals surface area contributed by atoms with Gasteiger partial charge in [0.25, 0.3) is 0 Å². The second-order valence-corrected chi connectivity index (χ2v) is 6.14. The third kappa shape index (κ3) is 3.55. The SMILES string of the molecule is Cc1nn(-c2cc(CC(Cl)C(=O)O)c(Cl)cc2Cl)c(=O)n1C(F)F. The molecule has 0 radical (unpaired) electrons. The van der Waals surface area contributed by atoms with Crippen LogP contribution in [0.25, 0.3) is 5.69 Å². The molecule has 2 rings (SSSR count).